The fraction of sp³-hybridized carbons (Fsp3) is 0.889. The lowest BCUT2D eigenvalue weighted by Gasteiger charge is -2.38. The Bertz CT molecular complexity index is 160. The van der Waals surface area contributed by atoms with Crippen molar-refractivity contribution in [3.8, 4) is 0 Å². The molecular formula is C9H18N2S. The molecular weight excluding hydrogens is 168 g/mol. The fourth-order valence-corrected chi connectivity index (χ4v) is 2.12. The molecule has 2 unspecified atom stereocenters. The zero-order valence-corrected chi connectivity index (χ0v) is 8.73. The highest BCUT2D eigenvalue weighted by Crippen LogP contribution is 2.21. The van der Waals surface area contributed by atoms with Gasteiger partial charge in [0.15, 0.2) is 0 Å². The minimum Gasteiger partial charge on any atom is -0.392 e. The molecule has 1 fully saturated rings. The first-order valence-corrected chi connectivity index (χ1v) is 5.06. The Labute approximate surface area is 80.1 Å². The predicted molar refractivity (Wildman–Crippen MR) is 56.3 cm³/mol. The van der Waals surface area contributed by atoms with Gasteiger partial charge in [0.05, 0.1) is 4.99 Å². The van der Waals surface area contributed by atoms with Crippen LogP contribution in [0.1, 0.15) is 33.1 Å². The van der Waals surface area contributed by atoms with E-state index in [4.69, 9.17) is 18.0 Å². The molecule has 1 aliphatic rings. The number of likely N-dealkylation sites (tertiary alicyclic amines) is 1. The van der Waals surface area contributed by atoms with Crippen LogP contribution in [-0.4, -0.2) is 28.5 Å². The summed E-state index contributed by atoms with van der Waals surface area (Å²) in [6, 6.07) is 1.30. The summed E-state index contributed by atoms with van der Waals surface area (Å²) in [6.45, 7) is 5.31. The largest absolute Gasteiger partial charge is 0.392 e. The van der Waals surface area contributed by atoms with Crippen molar-refractivity contribution in [3.63, 3.8) is 0 Å². The number of hydrogen-bond acceptors (Lipinski definition) is 2. The van der Waals surface area contributed by atoms with Crippen molar-refractivity contribution >= 4 is 17.2 Å². The first kappa shape index (κ1) is 9.93. The molecule has 0 aromatic rings. The van der Waals surface area contributed by atoms with E-state index in [9.17, 15) is 0 Å². The molecule has 3 heteroatoms. The minimum atomic E-state index is 0.621. The predicted octanol–water partition coefficient (Wildman–Crippen LogP) is 1.54. The highest BCUT2D eigenvalue weighted by Gasteiger charge is 2.24. The van der Waals surface area contributed by atoms with E-state index >= 15 is 0 Å². The van der Waals surface area contributed by atoms with Gasteiger partial charge in [0.2, 0.25) is 0 Å². The van der Waals surface area contributed by atoms with Crippen LogP contribution in [0.25, 0.3) is 0 Å². The molecule has 1 saturated heterocycles. The van der Waals surface area contributed by atoms with Gasteiger partial charge in [-0.2, -0.15) is 0 Å². The van der Waals surface area contributed by atoms with Crippen molar-refractivity contribution in [2.45, 2.75) is 45.2 Å². The smallest absolute Gasteiger partial charge is 0.0870 e. The summed E-state index contributed by atoms with van der Waals surface area (Å²) in [5, 5.41) is 0. The maximum atomic E-state index is 5.54. The number of piperidine rings is 1. The topological polar surface area (TPSA) is 29.3 Å². The van der Waals surface area contributed by atoms with Crippen LogP contribution in [0.2, 0.25) is 0 Å². The summed E-state index contributed by atoms with van der Waals surface area (Å²) in [5.74, 6) is 0. The van der Waals surface area contributed by atoms with E-state index in [2.05, 4.69) is 18.7 Å². The Morgan fingerprint density at radius 3 is 2.33 bits per heavy atom. The number of nitrogens with zero attached hydrogens (tertiary/aromatic N) is 1. The van der Waals surface area contributed by atoms with Gasteiger partial charge in [-0.25, -0.2) is 0 Å². The third kappa shape index (κ3) is 2.42. The molecule has 2 N–H and O–H groups in total. The Kier molecular flexibility index (Phi) is 3.47. The third-order valence-corrected chi connectivity index (χ3v) is 2.84. The summed E-state index contributed by atoms with van der Waals surface area (Å²) in [7, 11) is 0. The SMILES string of the molecule is CC1CCCC(C)N1CC(N)=S. The van der Waals surface area contributed by atoms with Gasteiger partial charge in [-0.1, -0.05) is 18.6 Å². The summed E-state index contributed by atoms with van der Waals surface area (Å²) in [5.41, 5.74) is 5.54. The molecule has 12 heavy (non-hydrogen) atoms. The van der Waals surface area contributed by atoms with E-state index in [1.807, 2.05) is 0 Å². The van der Waals surface area contributed by atoms with Crippen LogP contribution in [0.5, 0.6) is 0 Å². The zero-order chi connectivity index (χ0) is 9.14. The molecule has 70 valence electrons. The fourth-order valence-electron chi connectivity index (χ4n) is 1.97. The van der Waals surface area contributed by atoms with Gasteiger partial charge in [0.1, 0.15) is 0 Å². The quantitative estimate of drug-likeness (QED) is 0.663. The third-order valence-electron chi connectivity index (χ3n) is 2.71. The highest BCUT2D eigenvalue weighted by atomic mass is 32.1. The van der Waals surface area contributed by atoms with Crippen molar-refractivity contribution < 1.29 is 0 Å². The second-order valence-electron chi connectivity index (χ2n) is 3.77. The van der Waals surface area contributed by atoms with Crippen LogP contribution < -0.4 is 5.73 Å². The molecule has 0 aliphatic carbocycles. The van der Waals surface area contributed by atoms with Crippen molar-refractivity contribution in [2.75, 3.05) is 6.54 Å². The summed E-state index contributed by atoms with van der Waals surface area (Å²) < 4.78 is 0. The van der Waals surface area contributed by atoms with Gasteiger partial charge in [0, 0.05) is 18.6 Å². The number of rotatable bonds is 2. The van der Waals surface area contributed by atoms with Gasteiger partial charge in [0.25, 0.3) is 0 Å². The molecule has 0 radical (unpaired) electrons. The minimum absolute atomic E-state index is 0.621. The molecule has 0 bridgehead atoms. The summed E-state index contributed by atoms with van der Waals surface area (Å²) >= 11 is 4.92. The highest BCUT2D eigenvalue weighted by molar-refractivity contribution is 7.80. The van der Waals surface area contributed by atoms with Gasteiger partial charge in [-0.3, -0.25) is 4.90 Å². The second kappa shape index (κ2) is 4.19. The van der Waals surface area contributed by atoms with Gasteiger partial charge < -0.3 is 5.73 Å². The molecule has 2 nitrogen and oxygen atoms in total. The van der Waals surface area contributed by atoms with Crippen LogP contribution in [-0.2, 0) is 0 Å². The van der Waals surface area contributed by atoms with Crippen molar-refractivity contribution in [3.05, 3.63) is 0 Å². The monoisotopic (exact) mass is 186 g/mol. The van der Waals surface area contributed by atoms with Crippen LogP contribution in [0.4, 0.5) is 0 Å². The Morgan fingerprint density at radius 2 is 1.92 bits per heavy atom. The molecule has 1 heterocycles. The lowest BCUT2D eigenvalue weighted by molar-refractivity contribution is 0.124. The molecule has 0 aromatic heterocycles. The molecule has 0 amide bonds. The maximum absolute atomic E-state index is 5.54. The maximum Gasteiger partial charge on any atom is 0.0870 e. The Hall–Kier alpha value is -0.150. The Morgan fingerprint density at radius 1 is 1.42 bits per heavy atom. The van der Waals surface area contributed by atoms with Crippen molar-refractivity contribution in [2.24, 2.45) is 5.73 Å². The number of nitrogens with two attached hydrogens (primary N) is 1. The van der Waals surface area contributed by atoms with E-state index in [-0.39, 0.29) is 0 Å². The zero-order valence-electron chi connectivity index (χ0n) is 7.92. The Balaban J connectivity index is 2.50. The molecule has 1 aliphatic heterocycles. The van der Waals surface area contributed by atoms with Gasteiger partial charge in [-0.15, -0.1) is 0 Å². The van der Waals surface area contributed by atoms with Crippen molar-refractivity contribution in [1.82, 2.24) is 4.90 Å². The lowest BCUT2D eigenvalue weighted by atomic mass is 9.98. The second-order valence-corrected chi connectivity index (χ2v) is 4.29. The van der Waals surface area contributed by atoms with Crippen LogP contribution in [0.3, 0.4) is 0 Å². The van der Waals surface area contributed by atoms with E-state index in [0.717, 1.165) is 6.54 Å². The molecule has 1 rings (SSSR count). The van der Waals surface area contributed by atoms with Gasteiger partial charge in [-0.05, 0) is 26.7 Å². The van der Waals surface area contributed by atoms with Crippen LogP contribution in [0.15, 0.2) is 0 Å². The average Bonchev–Trinajstić information content (AvgIpc) is 1.97. The molecule has 0 aromatic carbocycles. The van der Waals surface area contributed by atoms with Crippen molar-refractivity contribution in [1.29, 1.82) is 0 Å². The van der Waals surface area contributed by atoms with Crippen LogP contribution in [0, 0.1) is 0 Å². The van der Waals surface area contributed by atoms with E-state index in [0.29, 0.717) is 17.1 Å². The first-order valence-electron chi connectivity index (χ1n) is 4.65. The van der Waals surface area contributed by atoms with E-state index in [1.54, 1.807) is 0 Å². The van der Waals surface area contributed by atoms with E-state index in [1.165, 1.54) is 19.3 Å². The summed E-state index contributed by atoms with van der Waals surface area (Å²) in [6.07, 6.45) is 3.91. The lowest BCUT2D eigenvalue weighted by Crippen LogP contribution is -2.47. The molecule has 0 spiro atoms. The summed E-state index contributed by atoms with van der Waals surface area (Å²) in [4.78, 5) is 3.03. The molecule has 2 atom stereocenters. The molecule has 0 saturated carbocycles. The van der Waals surface area contributed by atoms with E-state index < -0.39 is 0 Å². The standard InChI is InChI=1S/C9H18N2S/c1-7-4-3-5-8(2)11(7)6-9(10)12/h7-8H,3-6H2,1-2H3,(H2,10,12). The number of thiocarbonyl (C=S) groups is 1. The average molecular weight is 186 g/mol. The van der Waals surface area contributed by atoms with Gasteiger partial charge >= 0.3 is 0 Å². The normalized spacial score (nSPS) is 31.8. The first-order chi connectivity index (χ1) is 5.61. The number of hydrogen-bond donors (Lipinski definition) is 1. The van der Waals surface area contributed by atoms with Crippen LogP contribution >= 0.6 is 12.2 Å².